The standard InChI is InChI=1S/C12H12N2O3S/c1-17-10-4-2-9(3-5-10)8-13-12-11(14(15)16)6-7-18-12/h2-7,13H,8H2,1H3. The Kier molecular flexibility index (Phi) is 3.78. The molecular formula is C12H12N2O3S. The number of nitrogens with zero attached hydrogens (tertiary/aromatic N) is 1. The van der Waals surface area contributed by atoms with Gasteiger partial charge in [-0.25, -0.2) is 0 Å². The minimum Gasteiger partial charge on any atom is -0.497 e. The van der Waals surface area contributed by atoms with E-state index in [9.17, 15) is 10.1 Å². The summed E-state index contributed by atoms with van der Waals surface area (Å²) in [6, 6.07) is 9.07. The monoisotopic (exact) mass is 264 g/mol. The smallest absolute Gasteiger partial charge is 0.303 e. The highest BCUT2D eigenvalue weighted by molar-refractivity contribution is 7.14. The largest absolute Gasteiger partial charge is 0.497 e. The Bertz CT molecular complexity index is 537. The molecule has 2 rings (SSSR count). The van der Waals surface area contributed by atoms with E-state index < -0.39 is 0 Å². The van der Waals surface area contributed by atoms with Crippen molar-refractivity contribution in [2.75, 3.05) is 12.4 Å². The topological polar surface area (TPSA) is 64.4 Å². The molecule has 1 aromatic heterocycles. The van der Waals surface area contributed by atoms with Gasteiger partial charge in [-0.3, -0.25) is 10.1 Å². The molecule has 0 saturated heterocycles. The molecular weight excluding hydrogens is 252 g/mol. The normalized spacial score (nSPS) is 10.1. The van der Waals surface area contributed by atoms with Gasteiger partial charge in [0.1, 0.15) is 5.75 Å². The summed E-state index contributed by atoms with van der Waals surface area (Å²) in [6.45, 7) is 0.547. The summed E-state index contributed by atoms with van der Waals surface area (Å²) < 4.78 is 5.06. The van der Waals surface area contributed by atoms with E-state index in [1.165, 1.54) is 17.4 Å². The van der Waals surface area contributed by atoms with Crippen LogP contribution in [0.15, 0.2) is 35.7 Å². The predicted molar refractivity (Wildman–Crippen MR) is 71.3 cm³/mol. The van der Waals surface area contributed by atoms with Crippen LogP contribution in [0.3, 0.4) is 0 Å². The van der Waals surface area contributed by atoms with E-state index in [1.807, 2.05) is 24.3 Å². The van der Waals surface area contributed by atoms with E-state index in [0.717, 1.165) is 11.3 Å². The summed E-state index contributed by atoms with van der Waals surface area (Å²) in [6.07, 6.45) is 0. The van der Waals surface area contributed by atoms with Crippen molar-refractivity contribution in [1.29, 1.82) is 0 Å². The summed E-state index contributed by atoms with van der Waals surface area (Å²) in [5.74, 6) is 0.792. The fourth-order valence-electron chi connectivity index (χ4n) is 1.50. The van der Waals surface area contributed by atoms with Crippen LogP contribution in [0, 0.1) is 10.1 Å². The van der Waals surface area contributed by atoms with Crippen LogP contribution in [0.5, 0.6) is 5.75 Å². The van der Waals surface area contributed by atoms with Crippen LogP contribution < -0.4 is 10.1 Å². The maximum atomic E-state index is 10.7. The highest BCUT2D eigenvalue weighted by Gasteiger charge is 2.14. The van der Waals surface area contributed by atoms with E-state index in [2.05, 4.69) is 5.32 Å². The van der Waals surface area contributed by atoms with Gasteiger partial charge in [-0.15, -0.1) is 11.3 Å². The molecule has 0 amide bonds. The Balaban J connectivity index is 2.02. The van der Waals surface area contributed by atoms with Crippen molar-refractivity contribution in [2.24, 2.45) is 0 Å². The first kappa shape index (κ1) is 12.4. The van der Waals surface area contributed by atoms with Crippen LogP contribution in [0.25, 0.3) is 0 Å². The highest BCUT2D eigenvalue weighted by atomic mass is 32.1. The molecule has 1 N–H and O–H groups in total. The Labute approximate surface area is 108 Å². The summed E-state index contributed by atoms with van der Waals surface area (Å²) >= 11 is 1.33. The van der Waals surface area contributed by atoms with Crippen molar-refractivity contribution in [2.45, 2.75) is 6.54 Å². The van der Waals surface area contributed by atoms with Crippen molar-refractivity contribution < 1.29 is 9.66 Å². The number of nitro groups is 1. The molecule has 1 aromatic carbocycles. The molecule has 94 valence electrons. The van der Waals surface area contributed by atoms with Crippen LogP contribution in [0.2, 0.25) is 0 Å². The lowest BCUT2D eigenvalue weighted by Crippen LogP contribution is -2.00. The lowest BCUT2D eigenvalue weighted by atomic mass is 10.2. The molecule has 0 spiro atoms. The van der Waals surface area contributed by atoms with Gasteiger partial charge in [0.15, 0.2) is 5.00 Å². The average molecular weight is 264 g/mol. The molecule has 2 aromatic rings. The van der Waals surface area contributed by atoms with Crippen LogP contribution in [0.1, 0.15) is 5.56 Å². The van der Waals surface area contributed by atoms with Gasteiger partial charge in [-0.2, -0.15) is 0 Å². The first-order valence-corrected chi connectivity index (χ1v) is 6.17. The molecule has 6 heteroatoms. The molecule has 0 aliphatic heterocycles. The number of anilines is 1. The van der Waals surface area contributed by atoms with Crippen molar-refractivity contribution in [3.8, 4) is 5.75 Å². The first-order valence-electron chi connectivity index (χ1n) is 5.29. The molecule has 0 aliphatic carbocycles. The molecule has 18 heavy (non-hydrogen) atoms. The fourth-order valence-corrected chi connectivity index (χ4v) is 2.26. The highest BCUT2D eigenvalue weighted by Crippen LogP contribution is 2.30. The van der Waals surface area contributed by atoms with E-state index in [-0.39, 0.29) is 10.6 Å². The number of nitrogens with one attached hydrogen (secondary N) is 1. The van der Waals surface area contributed by atoms with Crippen LogP contribution >= 0.6 is 11.3 Å². The molecule has 5 nitrogen and oxygen atoms in total. The number of hydrogen-bond donors (Lipinski definition) is 1. The van der Waals surface area contributed by atoms with Crippen molar-refractivity contribution in [3.63, 3.8) is 0 Å². The minimum absolute atomic E-state index is 0.119. The van der Waals surface area contributed by atoms with Gasteiger partial charge in [0, 0.05) is 12.6 Å². The molecule has 1 heterocycles. The van der Waals surface area contributed by atoms with E-state index in [4.69, 9.17) is 4.74 Å². The zero-order valence-electron chi connectivity index (χ0n) is 9.75. The van der Waals surface area contributed by atoms with Gasteiger partial charge in [-0.1, -0.05) is 12.1 Å². The predicted octanol–water partition coefficient (Wildman–Crippen LogP) is 3.28. The molecule has 0 atom stereocenters. The Morgan fingerprint density at radius 1 is 1.33 bits per heavy atom. The van der Waals surface area contributed by atoms with Gasteiger partial charge < -0.3 is 10.1 Å². The molecule has 0 bridgehead atoms. The number of benzene rings is 1. The second-order valence-corrected chi connectivity index (χ2v) is 4.51. The average Bonchev–Trinajstić information content (AvgIpc) is 2.85. The van der Waals surface area contributed by atoms with Crippen molar-refractivity contribution in [3.05, 3.63) is 51.4 Å². The third-order valence-corrected chi connectivity index (χ3v) is 3.31. The summed E-state index contributed by atoms with van der Waals surface area (Å²) in [4.78, 5) is 10.4. The van der Waals surface area contributed by atoms with Crippen molar-refractivity contribution in [1.82, 2.24) is 0 Å². The summed E-state index contributed by atoms with van der Waals surface area (Å²) in [5, 5.41) is 16.1. The SMILES string of the molecule is COc1ccc(CNc2sccc2[N+](=O)[O-])cc1. The molecule has 0 unspecified atom stereocenters. The second kappa shape index (κ2) is 5.50. The van der Waals surface area contributed by atoms with Crippen LogP contribution in [-0.2, 0) is 6.54 Å². The fraction of sp³-hybridized carbons (Fsp3) is 0.167. The van der Waals surface area contributed by atoms with Gasteiger partial charge in [0.05, 0.1) is 12.0 Å². The van der Waals surface area contributed by atoms with E-state index in [1.54, 1.807) is 12.5 Å². The van der Waals surface area contributed by atoms with Gasteiger partial charge >= 0.3 is 5.69 Å². The third kappa shape index (κ3) is 2.78. The number of hydrogen-bond acceptors (Lipinski definition) is 5. The second-order valence-electron chi connectivity index (χ2n) is 3.59. The first-order chi connectivity index (χ1) is 8.70. The molecule has 0 saturated carbocycles. The maximum Gasteiger partial charge on any atom is 0.303 e. The zero-order valence-corrected chi connectivity index (χ0v) is 10.6. The lowest BCUT2D eigenvalue weighted by Gasteiger charge is -2.05. The number of thiophene rings is 1. The van der Waals surface area contributed by atoms with Gasteiger partial charge in [0.2, 0.25) is 0 Å². The van der Waals surface area contributed by atoms with Crippen LogP contribution in [-0.4, -0.2) is 12.0 Å². The van der Waals surface area contributed by atoms with E-state index in [0.29, 0.717) is 11.5 Å². The summed E-state index contributed by atoms with van der Waals surface area (Å²) in [7, 11) is 1.61. The maximum absolute atomic E-state index is 10.7. The van der Waals surface area contributed by atoms with Crippen LogP contribution in [0.4, 0.5) is 10.7 Å². The zero-order chi connectivity index (χ0) is 13.0. The molecule has 0 fully saturated rings. The quantitative estimate of drug-likeness (QED) is 0.665. The minimum atomic E-state index is -0.382. The number of rotatable bonds is 5. The molecule has 0 aliphatic rings. The number of ether oxygens (including phenoxy) is 1. The van der Waals surface area contributed by atoms with Gasteiger partial charge in [0.25, 0.3) is 0 Å². The molecule has 0 radical (unpaired) electrons. The van der Waals surface area contributed by atoms with Gasteiger partial charge in [-0.05, 0) is 23.1 Å². The Morgan fingerprint density at radius 3 is 2.67 bits per heavy atom. The lowest BCUT2D eigenvalue weighted by molar-refractivity contribution is -0.383. The number of methoxy groups -OCH3 is 1. The van der Waals surface area contributed by atoms with E-state index >= 15 is 0 Å². The third-order valence-electron chi connectivity index (χ3n) is 2.45. The Morgan fingerprint density at radius 2 is 2.06 bits per heavy atom. The Hall–Kier alpha value is -2.08. The van der Waals surface area contributed by atoms with Crippen molar-refractivity contribution >= 4 is 22.0 Å². The summed E-state index contributed by atoms with van der Waals surface area (Å²) in [5.41, 5.74) is 1.16.